The molecule has 0 spiro atoms. The Morgan fingerprint density at radius 3 is 2.06 bits per heavy atom. The van der Waals surface area contributed by atoms with Gasteiger partial charge in [-0.05, 0) is 45.2 Å². The number of aryl methyl sites for hydroxylation is 2. The van der Waals surface area contributed by atoms with E-state index in [2.05, 4.69) is 58.1 Å². The van der Waals surface area contributed by atoms with Gasteiger partial charge in [-0.3, -0.25) is 0 Å². The second-order valence-electron chi connectivity index (χ2n) is 5.28. The van der Waals surface area contributed by atoms with Crippen LogP contribution in [0.15, 0.2) is 18.2 Å². The van der Waals surface area contributed by atoms with Crippen LogP contribution in [-0.2, 0) is 0 Å². The maximum absolute atomic E-state index is 3.58. The first-order chi connectivity index (χ1) is 7.49. The van der Waals surface area contributed by atoms with Crippen molar-refractivity contribution in [1.29, 1.82) is 0 Å². The summed E-state index contributed by atoms with van der Waals surface area (Å²) in [6.45, 7) is 12.2. The molecule has 1 unspecified atom stereocenters. The summed E-state index contributed by atoms with van der Waals surface area (Å²) in [6.07, 6.45) is 1.25. The molecule has 0 bridgehead atoms. The summed E-state index contributed by atoms with van der Waals surface area (Å²) < 4.78 is 0. The van der Waals surface area contributed by atoms with Crippen molar-refractivity contribution in [3.8, 4) is 0 Å². The van der Waals surface area contributed by atoms with Crippen LogP contribution in [0.1, 0.15) is 49.9 Å². The summed E-state index contributed by atoms with van der Waals surface area (Å²) in [5, 5.41) is 3.58. The van der Waals surface area contributed by atoms with Crippen LogP contribution in [0.2, 0.25) is 0 Å². The molecule has 0 saturated heterocycles. The molecule has 1 N–H and O–H groups in total. The number of hydrogen-bond donors (Lipinski definition) is 1. The minimum Gasteiger partial charge on any atom is -0.310 e. The van der Waals surface area contributed by atoms with E-state index in [1.54, 1.807) is 0 Å². The molecule has 1 heteroatoms. The van der Waals surface area contributed by atoms with E-state index < -0.39 is 0 Å². The molecule has 1 nitrogen and oxygen atoms in total. The van der Waals surface area contributed by atoms with E-state index in [-0.39, 0.29) is 0 Å². The van der Waals surface area contributed by atoms with Crippen molar-refractivity contribution in [2.24, 2.45) is 5.92 Å². The van der Waals surface area contributed by atoms with Crippen LogP contribution in [-0.4, -0.2) is 6.54 Å². The smallest absolute Gasteiger partial charge is 0.0291 e. The van der Waals surface area contributed by atoms with Gasteiger partial charge in [0.15, 0.2) is 0 Å². The highest BCUT2D eigenvalue weighted by molar-refractivity contribution is 5.30. The lowest BCUT2D eigenvalue weighted by atomic mass is 10.0. The average molecular weight is 219 g/mol. The zero-order chi connectivity index (χ0) is 12.1. The molecule has 0 heterocycles. The van der Waals surface area contributed by atoms with Crippen LogP contribution in [0.25, 0.3) is 0 Å². The standard InChI is InChI=1S/C15H25N/c1-11(2)6-7-16-14(5)15-9-12(3)8-13(4)10-15/h8-11,14,16H,6-7H2,1-5H3. The van der Waals surface area contributed by atoms with Gasteiger partial charge in [0, 0.05) is 6.04 Å². The lowest BCUT2D eigenvalue weighted by Gasteiger charge is -2.16. The summed E-state index contributed by atoms with van der Waals surface area (Å²) >= 11 is 0. The first kappa shape index (κ1) is 13.2. The summed E-state index contributed by atoms with van der Waals surface area (Å²) in [4.78, 5) is 0. The van der Waals surface area contributed by atoms with Gasteiger partial charge in [0.05, 0.1) is 0 Å². The summed E-state index contributed by atoms with van der Waals surface area (Å²) in [5.74, 6) is 0.777. The molecule has 1 rings (SSSR count). The Kier molecular flexibility index (Phi) is 5.01. The summed E-state index contributed by atoms with van der Waals surface area (Å²) in [5.41, 5.74) is 4.11. The quantitative estimate of drug-likeness (QED) is 0.789. The molecular weight excluding hydrogens is 194 g/mol. The van der Waals surface area contributed by atoms with Crippen LogP contribution >= 0.6 is 0 Å². The van der Waals surface area contributed by atoms with Crippen LogP contribution in [0.5, 0.6) is 0 Å². The SMILES string of the molecule is Cc1cc(C)cc(C(C)NCCC(C)C)c1. The zero-order valence-corrected chi connectivity index (χ0v) is 11.3. The molecule has 0 aliphatic rings. The molecule has 0 amide bonds. The second kappa shape index (κ2) is 6.05. The summed E-state index contributed by atoms with van der Waals surface area (Å²) in [6, 6.07) is 7.24. The fourth-order valence-corrected chi connectivity index (χ4v) is 1.97. The van der Waals surface area contributed by atoms with E-state index in [0.29, 0.717) is 6.04 Å². The normalized spacial score (nSPS) is 13.1. The number of rotatable bonds is 5. The molecule has 90 valence electrons. The van der Waals surface area contributed by atoms with Crippen molar-refractivity contribution >= 4 is 0 Å². The molecule has 1 aromatic rings. The Bertz CT molecular complexity index is 308. The predicted octanol–water partition coefficient (Wildman–Crippen LogP) is 4.00. The van der Waals surface area contributed by atoms with Gasteiger partial charge in [-0.25, -0.2) is 0 Å². The predicted molar refractivity (Wildman–Crippen MR) is 71.8 cm³/mol. The molecular formula is C15H25N. The minimum atomic E-state index is 0.456. The third kappa shape index (κ3) is 4.36. The number of benzene rings is 1. The van der Waals surface area contributed by atoms with Crippen molar-refractivity contribution in [3.05, 3.63) is 34.9 Å². The highest BCUT2D eigenvalue weighted by Crippen LogP contribution is 2.16. The molecule has 16 heavy (non-hydrogen) atoms. The molecule has 0 saturated carbocycles. The van der Waals surface area contributed by atoms with Gasteiger partial charge in [0.1, 0.15) is 0 Å². The number of hydrogen-bond acceptors (Lipinski definition) is 1. The third-order valence-electron chi connectivity index (χ3n) is 2.92. The molecule has 0 aliphatic carbocycles. The van der Waals surface area contributed by atoms with E-state index in [4.69, 9.17) is 0 Å². The van der Waals surface area contributed by atoms with Crippen molar-refractivity contribution < 1.29 is 0 Å². The Hall–Kier alpha value is -0.820. The van der Waals surface area contributed by atoms with Gasteiger partial charge in [0.25, 0.3) is 0 Å². The topological polar surface area (TPSA) is 12.0 Å². The minimum absolute atomic E-state index is 0.456. The maximum atomic E-state index is 3.58. The maximum Gasteiger partial charge on any atom is 0.0291 e. The largest absolute Gasteiger partial charge is 0.310 e. The molecule has 1 atom stereocenters. The lowest BCUT2D eigenvalue weighted by Crippen LogP contribution is -2.21. The van der Waals surface area contributed by atoms with Crippen LogP contribution < -0.4 is 5.32 Å². The van der Waals surface area contributed by atoms with Crippen molar-refractivity contribution in [1.82, 2.24) is 5.32 Å². The Labute approximate surface area is 100 Å². The van der Waals surface area contributed by atoms with Crippen molar-refractivity contribution in [3.63, 3.8) is 0 Å². The van der Waals surface area contributed by atoms with Crippen molar-refractivity contribution in [2.45, 2.75) is 47.1 Å². The fraction of sp³-hybridized carbons (Fsp3) is 0.600. The average Bonchev–Trinajstić information content (AvgIpc) is 2.15. The van der Waals surface area contributed by atoms with Crippen molar-refractivity contribution in [2.75, 3.05) is 6.54 Å². The highest BCUT2D eigenvalue weighted by atomic mass is 14.9. The number of nitrogens with one attached hydrogen (secondary N) is 1. The molecule has 0 radical (unpaired) electrons. The van der Waals surface area contributed by atoms with Gasteiger partial charge < -0.3 is 5.32 Å². The third-order valence-corrected chi connectivity index (χ3v) is 2.92. The highest BCUT2D eigenvalue weighted by Gasteiger charge is 2.05. The van der Waals surface area contributed by atoms with Crippen LogP contribution in [0.4, 0.5) is 0 Å². The zero-order valence-electron chi connectivity index (χ0n) is 11.3. The van der Waals surface area contributed by atoms with E-state index in [9.17, 15) is 0 Å². The molecule has 0 aliphatic heterocycles. The Morgan fingerprint density at radius 2 is 1.56 bits per heavy atom. The monoisotopic (exact) mass is 219 g/mol. The first-order valence-corrected chi connectivity index (χ1v) is 6.30. The van der Waals surface area contributed by atoms with E-state index in [1.165, 1.54) is 23.1 Å². The Balaban J connectivity index is 2.55. The van der Waals surface area contributed by atoms with Gasteiger partial charge in [0.2, 0.25) is 0 Å². The molecule has 1 aromatic carbocycles. The van der Waals surface area contributed by atoms with Gasteiger partial charge >= 0.3 is 0 Å². The molecule has 0 fully saturated rings. The van der Waals surface area contributed by atoms with Gasteiger partial charge in [-0.2, -0.15) is 0 Å². The molecule has 0 aromatic heterocycles. The van der Waals surface area contributed by atoms with Crippen LogP contribution in [0, 0.1) is 19.8 Å². The Morgan fingerprint density at radius 1 is 1.00 bits per heavy atom. The lowest BCUT2D eigenvalue weighted by molar-refractivity contribution is 0.497. The van der Waals surface area contributed by atoms with Gasteiger partial charge in [-0.15, -0.1) is 0 Å². The van der Waals surface area contributed by atoms with Crippen LogP contribution in [0.3, 0.4) is 0 Å². The summed E-state index contributed by atoms with van der Waals surface area (Å²) in [7, 11) is 0. The van der Waals surface area contributed by atoms with E-state index in [0.717, 1.165) is 12.5 Å². The van der Waals surface area contributed by atoms with E-state index in [1.807, 2.05) is 0 Å². The first-order valence-electron chi connectivity index (χ1n) is 6.30. The van der Waals surface area contributed by atoms with Gasteiger partial charge in [-0.1, -0.05) is 43.2 Å². The van der Waals surface area contributed by atoms with E-state index >= 15 is 0 Å². The fourth-order valence-electron chi connectivity index (χ4n) is 1.97. The second-order valence-corrected chi connectivity index (χ2v) is 5.28.